The summed E-state index contributed by atoms with van der Waals surface area (Å²) in [5, 5.41) is 3.51. The SMILES string of the molecule is Cc1ccc2c(c1)CCNC(C)C2. The first-order chi connectivity index (χ1) is 6.25. The molecule has 0 amide bonds. The van der Waals surface area contributed by atoms with Gasteiger partial charge in [0, 0.05) is 6.04 Å². The zero-order valence-electron chi connectivity index (χ0n) is 8.43. The highest BCUT2D eigenvalue weighted by atomic mass is 14.9. The standard InChI is InChI=1S/C12H17N/c1-9-3-4-11-8-10(2)13-6-5-12(11)7-9/h3-4,7,10,13H,5-6,8H2,1-2H3. The average Bonchev–Trinajstić information content (AvgIpc) is 2.25. The van der Waals surface area contributed by atoms with Gasteiger partial charge in [-0.25, -0.2) is 0 Å². The fourth-order valence-electron chi connectivity index (χ4n) is 2.04. The van der Waals surface area contributed by atoms with Gasteiger partial charge in [0.15, 0.2) is 0 Å². The minimum absolute atomic E-state index is 0.629. The van der Waals surface area contributed by atoms with Crippen LogP contribution in [0.25, 0.3) is 0 Å². The molecule has 0 aliphatic carbocycles. The lowest BCUT2D eigenvalue weighted by Gasteiger charge is -2.09. The van der Waals surface area contributed by atoms with Gasteiger partial charge in [-0.05, 0) is 44.4 Å². The van der Waals surface area contributed by atoms with Crippen LogP contribution in [0.5, 0.6) is 0 Å². The van der Waals surface area contributed by atoms with E-state index in [1.165, 1.54) is 29.5 Å². The smallest absolute Gasteiger partial charge is 0.00793 e. The Morgan fingerprint density at radius 3 is 3.00 bits per heavy atom. The van der Waals surface area contributed by atoms with Crippen LogP contribution in [0.3, 0.4) is 0 Å². The van der Waals surface area contributed by atoms with Crippen LogP contribution in [0.1, 0.15) is 23.6 Å². The first kappa shape index (κ1) is 8.76. The minimum Gasteiger partial charge on any atom is -0.314 e. The molecule has 1 heterocycles. The fraction of sp³-hybridized carbons (Fsp3) is 0.500. The van der Waals surface area contributed by atoms with E-state index in [0.717, 1.165) is 6.54 Å². The molecule has 2 rings (SSSR count). The van der Waals surface area contributed by atoms with Crippen LogP contribution >= 0.6 is 0 Å². The van der Waals surface area contributed by atoms with E-state index in [-0.39, 0.29) is 0 Å². The van der Waals surface area contributed by atoms with Crippen molar-refractivity contribution in [2.45, 2.75) is 32.7 Å². The Morgan fingerprint density at radius 2 is 2.15 bits per heavy atom. The number of fused-ring (bicyclic) bond motifs is 1. The molecule has 1 aromatic rings. The Bertz CT molecular complexity index is 304. The molecule has 1 aliphatic heterocycles. The van der Waals surface area contributed by atoms with Crippen LogP contribution in [0.2, 0.25) is 0 Å². The summed E-state index contributed by atoms with van der Waals surface area (Å²) in [7, 11) is 0. The van der Waals surface area contributed by atoms with Crippen molar-refractivity contribution < 1.29 is 0 Å². The van der Waals surface area contributed by atoms with Gasteiger partial charge in [0.2, 0.25) is 0 Å². The van der Waals surface area contributed by atoms with Crippen LogP contribution in [0.4, 0.5) is 0 Å². The number of benzene rings is 1. The van der Waals surface area contributed by atoms with E-state index >= 15 is 0 Å². The Labute approximate surface area is 80.2 Å². The number of hydrogen-bond donors (Lipinski definition) is 1. The predicted octanol–water partition coefficient (Wildman–Crippen LogP) is 2.07. The average molecular weight is 175 g/mol. The van der Waals surface area contributed by atoms with Crippen LogP contribution in [0, 0.1) is 6.92 Å². The van der Waals surface area contributed by atoms with Crippen molar-refractivity contribution in [1.29, 1.82) is 0 Å². The van der Waals surface area contributed by atoms with Gasteiger partial charge in [0.05, 0.1) is 0 Å². The quantitative estimate of drug-likeness (QED) is 0.636. The molecule has 1 heteroatoms. The van der Waals surface area contributed by atoms with Gasteiger partial charge in [0.1, 0.15) is 0 Å². The van der Waals surface area contributed by atoms with Gasteiger partial charge in [-0.2, -0.15) is 0 Å². The zero-order valence-corrected chi connectivity index (χ0v) is 8.43. The zero-order chi connectivity index (χ0) is 9.26. The van der Waals surface area contributed by atoms with E-state index in [4.69, 9.17) is 0 Å². The minimum atomic E-state index is 0.629. The maximum atomic E-state index is 3.51. The molecule has 0 fully saturated rings. The molecule has 1 atom stereocenters. The number of rotatable bonds is 0. The second-order valence-corrected chi connectivity index (χ2v) is 4.08. The summed E-state index contributed by atoms with van der Waals surface area (Å²) in [6, 6.07) is 7.46. The van der Waals surface area contributed by atoms with Gasteiger partial charge in [-0.3, -0.25) is 0 Å². The van der Waals surface area contributed by atoms with Gasteiger partial charge in [-0.1, -0.05) is 23.8 Å². The first-order valence-electron chi connectivity index (χ1n) is 5.07. The third-order valence-electron chi connectivity index (χ3n) is 2.78. The molecule has 1 N–H and O–H groups in total. The lowest BCUT2D eigenvalue weighted by atomic mass is 9.99. The van der Waals surface area contributed by atoms with Crippen molar-refractivity contribution in [1.82, 2.24) is 5.32 Å². The van der Waals surface area contributed by atoms with Crippen molar-refractivity contribution in [2.75, 3.05) is 6.54 Å². The molecule has 0 saturated heterocycles. The largest absolute Gasteiger partial charge is 0.314 e. The predicted molar refractivity (Wildman–Crippen MR) is 56.1 cm³/mol. The molecule has 0 spiro atoms. The second-order valence-electron chi connectivity index (χ2n) is 4.08. The van der Waals surface area contributed by atoms with Crippen LogP contribution in [-0.4, -0.2) is 12.6 Å². The van der Waals surface area contributed by atoms with Gasteiger partial charge < -0.3 is 5.32 Å². The summed E-state index contributed by atoms with van der Waals surface area (Å²) in [6.45, 7) is 5.55. The van der Waals surface area contributed by atoms with E-state index in [0.29, 0.717) is 6.04 Å². The van der Waals surface area contributed by atoms with E-state index in [9.17, 15) is 0 Å². The summed E-state index contributed by atoms with van der Waals surface area (Å²) in [5.74, 6) is 0. The molecule has 1 aromatic carbocycles. The third kappa shape index (κ3) is 1.92. The van der Waals surface area contributed by atoms with Crippen molar-refractivity contribution >= 4 is 0 Å². The summed E-state index contributed by atoms with van der Waals surface area (Å²) < 4.78 is 0. The number of nitrogens with one attached hydrogen (secondary N) is 1. The maximum absolute atomic E-state index is 3.51. The van der Waals surface area contributed by atoms with Crippen molar-refractivity contribution in [3.63, 3.8) is 0 Å². The molecule has 0 aromatic heterocycles. The summed E-state index contributed by atoms with van der Waals surface area (Å²) in [4.78, 5) is 0. The molecular weight excluding hydrogens is 158 g/mol. The van der Waals surface area contributed by atoms with Crippen LogP contribution < -0.4 is 5.32 Å². The molecule has 0 bridgehead atoms. The molecule has 1 unspecified atom stereocenters. The molecule has 0 saturated carbocycles. The first-order valence-corrected chi connectivity index (χ1v) is 5.07. The third-order valence-corrected chi connectivity index (χ3v) is 2.78. The molecular formula is C12H17N. The topological polar surface area (TPSA) is 12.0 Å². The number of hydrogen-bond acceptors (Lipinski definition) is 1. The van der Waals surface area contributed by atoms with Gasteiger partial charge in [0.25, 0.3) is 0 Å². The van der Waals surface area contributed by atoms with Gasteiger partial charge >= 0.3 is 0 Å². The van der Waals surface area contributed by atoms with E-state index < -0.39 is 0 Å². The van der Waals surface area contributed by atoms with Crippen molar-refractivity contribution in [3.05, 3.63) is 34.9 Å². The Kier molecular flexibility index (Phi) is 2.36. The summed E-state index contributed by atoms with van der Waals surface area (Å²) in [5.41, 5.74) is 4.45. The molecule has 0 radical (unpaired) electrons. The molecule has 1 aliphatic rings. The normalized spacial score (nSPS) is 22.2. The van der Waals surface area contributed by atoms with Crippen LogP contribution in [0.15, 0.2) is 18.2 Å². The Morgan fingerprint density at radius 1 is 1.31 bits per heavy atom. The summed E-state index contributed by atoms with van der Waals surface area (Å²) >= 11 is 0. The summed E-state index contributed by atoms with van der Waals surface area (Å²) in [6.07, 6.45) is 2.36. The second kappa shape index (κ2) is 3.51. The maximum Gasteiger partial charge on any atom is 0.00793 e. The molecule has 13 heavy (non-hydrogen) atoms. The lowest BCUT2D eigenvalue weighted by molar-refractivity contribution is 0.568. The van der Waals surface area contributed by atoms with Gasteiger partial charge in [-0.15, -0.1) is 0 Å². The Balaban J connectivity index is 2.34. The number of aryl methyl sites for hydroxylation is 1. The van der Waals surface area contributed by atoms with E-state index in [1.807, 2.05) is 0 Å². The molecule has 1 nitrogen and oxygen atoms in total. The highest BCUT2D eigenvalue weighted by molar-refractivity contribution is 5.33. The lowest BCUT2D eigenvalue weighted by Crippen LogP contribution is -2.27. The highest BCUT2D eigenvalue weighted by Crippen LogP contribution is 2.16. The Hall–Kier alpha value is -0.820. The van der Waals surface area contributed by atoms with Crippen molar-refractivity contribution in [2.24, 2.45) is 0 Å². The molecule has 70 valence electrons. The van der Waals surface area contributed by atoms with Crippen LogP contribution in [-0.2, 0) is 12.8 Å². The van der Waals surface area contributed by atoms with E-state index in [2.05, 4.69) is 37.4 Å². The monoisotopic (exact) mass is 175 g/mol. The highest BCUT2D eigenvalue weighted by Gasteiger charge is 2.11. The fourth-order valence-corrected chi connectivity index (χ4v) is 2.04. The van der Waals surface area contributed by atoms with E-state index in [1.54, 1.807) is 0 Å². The van der Waals surface area contributed by atoms with Crippen molar-refractivity contribution in [3.8, 4) is 0 Å².